The smallest absolute Gasteiger partial charge is 0.308 e. The van der Waals surface area contributed by atoms with Gasteiger partial charge in [-0.1, -0.05) is 19.1 Å². The molecule has 0 fully saturated rings. The maximum Gasteiger partial charge on any atom is 0.308 e. The zero-order valence-electron chi connectivity index (χ0n) is 11.3. The Hall–Kier alpha value is -2.44. The number of nitrogens with one attached hydrogen (secondary N) is 1. The van der Waals surface area contributed by atoms with Crippen molar-refractivity contribution in [3.63, 3.8) is 0 Å². The Morgan fingerprint density at radius 3 is 2.60 bits per heavy atom. The first kappa shape index (κ1) is 15.6. The normalized spacial score (nSPS) is 11.7. The number of carboxylic acids is 1. The van der Waals surface area contributed by atoms with E-state index in [2.05, 4.69) is 5.32 Å². The lowest BCUT2D eigenvalue weighted by Gasteiger charge is -2.12. The second kappa shape index (κ2) is 6.65. The fourth-order valence-electron chi connectivity index (χ4n) is 1.81. The van der Waals surface area contributed by atoms with Gasteiger partial charge in [-0.15, -0.1) is 0 Å². The molecule has 0 heterocycles. The SMILES string of the molecule is CCC(CNC(=O)c1c(C)cccc1[N+](=O)[O-])C(=O)O. The molecule has 7 heteroatoms. The Morgan fingerprint density at radius 1 is 1.45 bits per heavy atom. The van der Waals surface area contributed by atoms with Crippen LogP contribution in [0, 0.1) is 23.0 Å². The maximum absolute atomic E-state index is 12.0. The van der Waals surface area contributed by atoms with Crippen LogP contribution in [0.1, 0.15) is 29.3 Å². The predicted octanol–water partition coefficient (Wildman–Crippen LogP) is 1.74. The van der Waals surface area contributed by atoms with E-state index in [0.29, 0.717) is 12.0 Å². The summed E-state index contributed by atoms with van der Waals surface area (Å²) in [4.78, 5) is 33.2. The number of carbonyl (C=O) groups excluding carboxylic acids is 1. The molecule has 1 atom stereocenters. The van der Waals surface area contributed by atoms with E-state index in [1.165, 1.54) is 12.1 Å². The molecule has 0 aliphatic carbocycles. The minimum atomic E-state index is -1.01. The minimum absolute atomic E-state index is 0.0299. The first-order valence-corrected chi connectivity index (χ1v) is 6.13. The second-order valence-electron chi connectivity index (χ2n) is 4.38. The number of benzene rings is 1. The van der Waals surface area contributed by atoms with Gasteiger partial charge in [0.15, 0.2) is 0 Å². The van der Waals surface area contributed by atoms with Gasteiger partial charge < -0.3 is 10.4 Å². The number of nitrogens with zero attached hydrogens (tertiary/aromatic N) is 1. The van der Waals surface area contributed by atoms with E-state index in [1.54, 1.807) is 19.9 Å². The number of amides is 1. The van der Waals surface area contributed by atoms with Crippen molar-refractivity contribution in [2.45, 2.75) is 20.3 Å². The zero-order chi connectivity index (χ0) is 15.3. The van der Waals surface area contributed by atoms with Crippen molar-refractivity contribution in [1.29, 1.82) is 0 Å². The number of carboxylic acid groups (broad SMARTS) is 1. The van der Waals surface area contributed by atoms with Crippen molar-refractivity contribution in [3.8, 4) is 0 Å². The summed E-state index contributed by atoms with van der Waals surface area (Å²) in [6.07, 6.45) is 0.367. The Morgan fingerprint density at radius 2 is 2.10 bits per heavy atom. The van der Waals surface area contributed by atoms with Crippen LogP contribution in [0.4, 0.5) is 5.69 Å². The van der Waals surface area contributed by atoms with Gasteiger partial charge in [0.05, 0.1) is 10.8 Å². The molecule has 0 aliphatic heterocycles. The van der Waals surface area contributed by atoms with Crippen molar-refractivity contribution < 1.29 is 19.6 Å². The van der Waals surface area contributed by atoms with Crippen LogP contribution in [-0.2, 0) is 4.79 Å². The van der Waals surface area contributed by atoms with Crippen molar-refractivity contribution in [3.05, 3.63) is 39.4 Å². The van der Waals surface area contributed by atoms with Gasteiger partial charge >= 0.3 is 5.97 Å². The fourth-order valence-corrected chi connectivity index (χ4v) is 1.81. The summed E-state index contributed by atoms with van der Waals surface area (Å²) in [7, 11) is 0. The average Bonchev–Trinajstić information content (AvgIpc) is 2.38. The summed E-state index contributed by atoms with van der Waals surface area (Å²) in [5.74, 6) is -2.34. The third-order valence-electron chi connectivity index (χ3n) is 3.03. The van der Waals surface area contributed by atoms with Crippen molar-refractivity contribution in [2.24, 2.45) is 5.92 Å². The molecule has 0 saturated heterocycles. The van der Waals surface area contributed by atoms with Gasteiger partial charge in [-0.2, -0.15) is 0 Å². The van der Waals surface area contributed by atoms with Gasteiger partial charge in [0.1, 0.15) is 5.56 Å². The molecular weight excluding hydrogens is 264 g/mol. The average molecular weight is 280 g/mol. The van der Waals surface area contributed by atoms with Crippen LogP contribution >= 0.6 is 0 Å². The summed E-state index contributed by atoms with van der Waals surface area (Å²) < 4.78 is 0. The lowest BCUT2D eigenvalue weighted by molar-refractivity contribution is -0.385. The van der Waals surface area contributed by atoms with Gasteiger partial charge in [0.25, 0.3) is 11.6 Å². The molecule has 0 bridgehead atoms. The number of rotatable bonds is 6. The Balaban J connectivity index is 2.93. The molecule has 1 rings (SSSR count). The maximum atomic E-state index is 12.0. The van der Waals surface area contributed by atoms with E-state index in [0.717, 1.165) is 0 Å². The third kappa shape index (κ3) is 3.53. The number of nitro groups is 1. The molecule has 0 spiro atoms. The summed E-state index contributed by atoms with van der Waals surface area (Å²) in [6.45, 7) is 3.23. The Bertz CT molecular complexity index is 542. The molecule has 1 amide bonds. The highest BCUT2D eigenvalue weighted by Gasteiger charge is 2.23. The number of carbonyl (C=O) groups is 2. The molecule has 0 aromatic heterocycles. The largest absolute Gasteiger partial charge is 0.481 e. The number of nitro benzene ring substituents is 1. The van der Waals surface area contributed by atoms with Crippen molar-refractivity contribution in [2.75, 3.05) is 6.54 Å². The van der Waals surface area contributed by atoms with E-state index in [1.807, 2.05) is 0 Å². The Labute approximate surface area is 115 Å². The Kier molecular flexibility index (Phi) is 5.19. The van der Waals surface area contributed by atoms with E-state index in [9.17, 15) is 19.7 Å². The summed E-state index contributed by atoms with van der Waals surface area (Å²) in [6, 6.07) is 4.34. The first-order valence-electron chi connectivity index (χ1n) is 6.13. The minimum Gasteiger partial charge on any atom is -0.481 e. The van der Waals surface area contributed by atoms with Crippen LogP contribution in [0.2, 0.25) is 0 Å². The molecule has 1 aromatic carbocycles. The van der Waals surface area contributed by atoms with Gasteiger partial charge in [-0.3, -0.25) is 19.7 Å². The van der Waals surface area contributed by atoms with E-state index < -0.39 is 22.7 Å². The third-order valence-corrected chi connectivity index (χ3v) is 3.03. The lowest BCUT2D eigenvalue weighted by Crippen LogP contribution is -2.33. The zero-order valence-corrected chi connectivity index (χ0v) is 11.3. The van der Waals surface area contributed by atoms with Crippen molar-refractivity contribution >= 4 is 17.6 Å². The fraction of sp³-hybridized carbons (Fsp3) is 0.385. The topological polar surface area (TPSA) is 110 Å². The van der Waals surface area contributed by atoms with Crippen LogP contribution in [0.15, 0.2) is 18.2 Å². The van der Waals surface area contributed by atoms with E-state index >= 15 is 0 Å². The van der Waals surface area contributed by atoms with Crippen LogP contribution in [-0.4, -0.2) is 28.5 Å². The number of hydrogen-bond acceptors (Lipinski definition) is 4. The number of hydrogen-bond donors (Lipinski definition) is 2. The molecule has 0 aliphatic rings. The molecule has 1 aromatic rings. The van der Waals surface area contributed by atoms with Crippen LogP contribution in [0.5, 0.6) is 0 Å². The molecule has 1 unspecified atom stereocenters. The quantitative estimate of drug-likeness (QED) is 0.609. The monoisotopic (exact) mass is 280 g/mol. The van der Waals surface area contributed by atoms with Crippen LogP contribution in [0.25, 0.3) is 0 Å². The van der Waals surface area contributed by atoms with Crippen LogP contribution in [0.3, 0.4) is 0 Å². The summed E-state index contributed by atoms with van der Waals surface area (Å²) in [5, 5.41) is 22.3. The van der Waals surface area contributed by atoms with Gasteiger partial charge in [0, 0.05) is 12.6 Å². The first-order chi connectivity index (χ1) is 9.38. The van der Waals surface area contributed by atoms with E-state index in [-0.39, 0.29) is 17.8 Å². The molecule has 0 radical (unpaired) electrons. The van der Waals surface area contributed by atoms with Crippen LogP contribution < -0.4 is 5.32 Å². The molecule has 0 saturated carbocycles. The summed E-state index contributed by atoms with van der Waals surface area (Å²) in [5.41, 5.74) is 0.156. The highest BCUT2D eigenvalue weighted by Crippen LogP contribution is 2.21. The molecule has 108 valence electrons. The number of aliphatic carboxylic acids is 1. The molecular formula is C13H16N2O5. The lowest BCUT2D eigenvalue weighted by atomic mass is 10.0. The van der Waals surface area contributed by atoms with Gasteiger partial charge in [0.2, 0.25) is 0 Å². The molecule has 7 nitrogen and oxygen atoms in total. The van der Waals surface area contributed by atoms with Gasteiger partial charge in [-0.25, -0.2) is 0 Å². The number of aryl methyl sites for hydroxylation is 1. The molecule has 20 heavy (non-hydrogen) atoms. The standard InChI is InChI=1S/C13H16N2O5/c1-3-9(13(17)18)7-14-12(16)11-8(2)5-4-6-10(11)15(19)20/h4-6,9H,3,7H2,1-2H3,(H,14,16)(H,17,18). The van der Waals surface area contributed by atoms with Crippen molar-refractivity contribution in [1.82, 2.24) is 5.32 Å². The molecule has 2 N–H and O–H groups in total. The summed E-state index contributed by atoms with van der Waals surface area (Å²) >= 11 is 0. The highest BCUT2D eigenvalue weighted by molar-refractivity contribution is 5.99. The van der Waals surface area contributed by atoms with E-state index in [4.69, 9.17) is 5.11 Å². The second-order valence-corrected chi connectivity index (χ2v) is 4.38. The highest BCUT2D eigenvalue weighted by atomic mass is 16.6. The predicted molar refractivity (Wildman–Crippen MR) is 71.6 cm³/mol. The van der Waals surface area contributed by atoms with Gasteiger partial charge in [-0.05, 0) is 18.9 Å².